The average Bonchev–Trinajstić information content (AvgIpc) is 2.84. The van der Waals surface area contributed by atoms with Crippen molar-refractivity contribution < 1.29 is 4.74 Å². The Bertz CT molecular complexity index is 480. The Morgan fingerprint density at radius 3 is 2.78 bits per heavy atom. The summed E-state index contributed by atoms with van der Waals surface area (Å²) in [5, 5.41) is 0. The van der Waals surface area contributed by atoms with Crippen molar-refractivity contribution in [2.45, 2.75) is 38.5 Å². The summed E-state index contributed by atoms with van der Waals surface area (Å²) in [6, 6.07) is 6.60. The second-order valence-electron chi connectivity index (χ2n) is 6.28. The number of methoxy groups -OCH3 is 1. The molecule has 1 fully saturated rings. The van der Waals surface area contributed by atoms with Gasteiger partial charge in [-0.2, -0.15) is 0 Å². The summed E-state index contributed by atoms with van der Waals surface area (Å²) >= 11 is 6.21. The minimum absolute atomic E-state index is 0.328. The third-order valence-corrected chi connectivity index (χ3v) is 5.81. The Kier molecular flexibility index (Phi) is 2.68. The van der Waals surface area contributed by atoms with Gasteiger partial charge in [0.25, 0.3) is 0 Å². The third-order valence-electron chi connectivity index (χ3n) is 5.50. The molecule has 3 rings (SSSR count). The first-order chi connectivity index (χ1) is 8.57. The van der Waals surface area contributed by atoms with Crippen molar-refractivity contribution in [3.63, 3.8) is 0 Å². The number of halogens is 1. The molecule has 0 amide bonds. The van der Waals surface area contributed by atoms with Crippen LogP contribution in [0.5, 0.6) is 5.75 Å². The zero-order valence-corrected chi connectivity index (χ0v) is 12.2. The number of aryl methyl sites for hydroxylation is 1. The molecule has 1 saturated carbocycles. The molecule has 2 unspecified atom stereocenters. The van der Waals surface area contributed by atoms with E-state index in [4.69, 9.17) is 16.3 Å². The minimum atomic E-state index is 0.328. The summed E-state index contributed by atoms with van der Waals surface area (Å²) in [4.78, 5) is 0. The Labute approximate surface area is 114 Å². The second kappa shape index (κ2) is 3.90. The fourth-order valence-corrected chi connectivity index (χ4v) is 5.00. The van der Waals surface area contributed by atoms with Gasteiger partial charge in [-0.05, 0) is 53.9 Å². The van der Waals surface area contributed by atoms with Crippen LogP contribution in [-0.2, 0) is 11.8 Å². The van der Waals surface area contributed by atoms with Gasteiger partial charge in [-0.15, -0.1) is 11.6 Å². The highest BCUT2D eigenvalue weighted by Gasteiger charge is 2.71. The van der Waals surface area contributed by atoms with Gasteiger partial charge in [-0.1, -0.05) is 19.9 Å². The van der Waals surface area contributed by atoms with Crippen LogP contribution >= 0.6 is 11.6 Å². The number of hydrogen-bond acceptors (Lipinski definition) is 1. The highest BCUT2D eigenvalue weighted by Crippen LogP contribution is 2.73. The van der Waals surface area contributed by atoms with E-state index in [2.05, 4.69) is 32.0 Å². The van der Waals surface area contributed by atoms with E-state index in [1.807, 2.05) is 0 Å². The molecule has 1 spiro atoms. The van der Waals surface area contributed by atoms with Gasteiger partial charge in [0.1, 0.15) is 5.75 Å². The Morgan fingerprint density at radius 1 is 1.39 bits per heavy atom. The first kappa shape index (κ1) is 12.3. The quantitative estimate of drug-likeness (QED) is 0.729. The van der Waals surface area contributed by atoms with E-state index >= 15 is 0 Å². The third kappa shape index (κ3) is 1.34. The lowest BCUT2D eigenvalue weighted by molar-refractivity contribution is 0.407. The van der Waals surface area contributed by atoms with E-state index in [1.165, 1.54) is 30.4 Å². The van der Waals surface area contributed by atoms with Crippen LogP contribution in [0.3, 0.4) is 0 Å². The molecule has 18 heavy (non-hydrogen) atoms. The van der Waals surface area contributed by atoms with Crippen molar-refractivity contribution in [1.82, 2.24) is 0 Å². The summed E-state index contributed by atoms with van der Waals surface area (Å²) in [6.07, 6.45) is 3.74. The highest BCUT2D eigenvalue weighted by molar-refractivity contribution is 6.18. The van der Waals surface area contributed by atoms with Gasteiger partial charge in [0, 0.05) is 11.3 Å². The van der Waals surface area contributed by atoms with Crippen LogP contribution in [-0.4, -0.2) is 13.0 Å². The van der Waals surface area contributed by atoms with Gasteiger partial charge in [-0.25, -0.2) is 0 Å². The molecule has 1 aromatic rings. The van der Waals surface area contributed by atoms with Gasteiger partial charge in [0.15, 0.2) is 0 Å². The van der Waals surface area contributed by atoms with Crippen molar-refractivity contribution in [2.24, 2.45) is 11.3 Å². The molecular weight excluding hydrogens is 244 g/mol. The largest absolute Gasteiger partial charge is 0.497 e. The number of hydrogen-bond donors (Lipinski definition) is 0. The lowest BCUT2D eigenvalue weighted by Gasteiger charge is -2.29. The SMILES string of the molecule is COc1ccc2c(c1)CCCC21C(CCl)C1(C)C. The maximum absolute atomic E-state index is 6.21. The fraction of sp³-hybridized carbons (Fsp3) is 0.625. The van der Waals surface area contributed by atoms with E-state index in [0.29, 0.717) is 16.7 Å². The van der Waals surface area contributed by atoms with Gasteiger partial charge in [0.2, 0.25) is 0 Å². The number of alkyl halides is 1. The zero-order chi connectivity index (χ0) is 13.0. The molecule has 2 aliphatic rings. The summed E-state index contributed by atoms with van der Waals surface area (Å²) in [5.74, 6) is 2.38. The Morgan fingerprint density at radius 2 is 2.17 bits per heavy atom. The van der Waals surface area contributed by atoms with Crippen molar-refractivity contribution in [3.8, 4) is 5.75 Å². The van der Waals surface area contributed by atoms with E-state index < -0.39 is 0 Å². The van der Waals surface area contributed by atoms with Crippen LogP contribution in [0.4, 0.5) is 0 Å². The van der Waals surface area contributed by atoms with Crippen molar-refractivity contribution in [3.05, 3.63) is 29.3 Å². The van der Waals surface area contributed by atoms with Gasteiger partial charge >= 0.3 is 0 Å². The molecule has 0 aromatic heterocycles. The van der Waals surface area contributed by atoms with Gasteiger partial charge in [0.05, 0.1) is 7.11 Å². The summed E-state index contributed by atoms with van der Waals surface area (Å²) < 4.78 is 5.35. The minimum Gasteiger partial charge on any atom is -0.497 e. The maximum atomic E-state index is 6.21. The van der Waals surface area contributed by atoms with E-state index in [-0.39, 0.29) is 0 Å². The summed E-state index contributed by atoms with van der Waals surface area (Å²) in [5.41, 5.74) is 3.68. The molecule has 0 aliphatic heterocycles. The van der Waals surface area contributed by atoms with Gasteiger partial charge < -0.3 is 4.74 Å². The molecule has 2 aliphatic carbocycles. The Balaban J connectivity index is 2.09. The van der Waals surface area contributed by atoms with Crippen molar-refractivity contribution >= 4 is 11.6 Å². The predicted octanol–water partition coefficient (Wildman–Crippen LogP) is 4.16. The van der Waals surface area contributed by atoms with Crippen LogP contribution < -0.4 is 4.74 Å². The zero-order valence-electron chi connectivity index (χ0n) is 11.4. The standard InChI is InChI=1S/C16H21ClO/c1-15(2)14(10-17)16(15)8-4-5-11-9-12(18-3)6-7-13(11)16/h6-7,9,14H,4-5,8,10H2,1-3H3. The van der Waals surface area contributed by atoms with Crippen LogP contribution in [0.1, 0.15) is 37.8 Å². The Hall–Kier alpha value is -0.690. The van der Waals surface area contributed by atoms with E-state index in [0.717, 1.165) is 11.6 Å². The van der Waals surface area contributed by atoms with Crippen LogP contribution in [0, 0.1) is 11.3 Å². The van der Waals surface area contributed by atoms with E-state index in [9.17, 15) is 0 Å². The number of ether oxygens (including phenoxy) is 1. The van der Waals surface area contributed by atoms with Crippen LogP contribution in [0.15, 0.2) is 18.2 Å². The highest BCUT2D eigenvalue weighted by atomic mass is 35.5. The first-order valence-electron chi connectivity index (χ1n) is 6.81. The lowest BCUT2D eigenvalue weighted by atomic mass is 9.75. The topological polar surface area (TPSA) is 9.23 Å². The first-order valence-corrected chi connectivity index (χ1v) is 7.34. The average molecular weight is 265 g/mol. The summed E-state index contributed by atoms with van der Waals surface area (Å²) in [6.45, 7) is 4.75. The van der Waals surface area contributed by atoms with Crippen LogP contribution in [0.25, 0.3) is 0 Å². The van der Waals surface area contributed by atoms with E-state index in [1.54, 1.807) is 7.11 Å². The second-order valence-corrected chi connectivity index (χ2v) is 6.59. The van der Waals surface area contributed by atoms with Crippen molar-refractivity contribution in [2.75, 3.05) is 13.0 Å². The smallest absolute Gasteiger partial charge is 0.119 e. The monoisotopic (exact) mass is 264 g/mol. The molecule has 0 bridgehead atoms. The molecule has 2 heteroatoms. The van der Waals surface area contributed by atoms with Gasteiger partial charge in [-0.3, -0.25) is 0 Å². The molecule has 1 aromatic carbocycles. The van der Waals surface area contributed by atoms with Crippen LogP contribution in [0.2, 0.25) is 0 Å². The molecule has 0 heterocycles. The molecule has 2 atom stereocenters. The predicted molar refractivity (Wildman–Crippen MR) is 75.6 cm³/mol. The number of rotatable bonds is 2. The molecule has 1 nitrogen and oxygen atoms in total. The van der Waals surface area contributed by atoms with Crippen molar-refractivity contribution in [1.29, 1.82) is 0 Å². The molecule has 98 valence electrons. The molecule has 0 saturated heterocycles. The molecule has 0 N–H and O–H groups in total. The number of fused-ring (bicyclic) bond motifs is 2. The fourth-order valence-electron chi connectivity index (χ4n) is 4.35. The molecular formula is C16H21ClO. The maximum Gasteiger partial charge on any atom is 0.119 e. The summed E-state index contributed by atoms with van der Waals surface area (Å²) in [7, 11) is 1.74. The lowest BCUT2D eigenvalue weighted by Crippen LogP contribution is -2.22. The molecule has 0 radical (unpaired) electrons. The number of benzene rings is 1. The normalized spacial score (nSPS) is 32.1.